The van der Waals surface area contributed by atoms with Gasteiger partial charge in [0.05, 0.1) is 45.7 Å². The Morgan fingerprint density at radius 2 is 1.26 bits per heavy atom. The Hall–Kier alpha value is -9.48. The molecule has 11 aromatic rings. The topological polar surface area (TPSA) is 53.7 Å². The van der Waals surface area contributed by atoms with E-state index in [1.165, 1.54) is 66.3 Å². The van der Waals surface area contributed by atoms with Crippen molar-refractivity contribution in [2.75, 3.05) is 0 Å². The summed E-state index contributed by atoms with van der Waals surface area (Å²) in [5.41, 5.74) is 23.3. The third-order valence-electron chi connectivity index (χ3n) is 16.1. The summed E-state index contributed by atoms with van der Waals surface area (Å²) < 4.78 is 14.0. The molecule has 5 aliphatic carbocycles. The van der Waals surface area contributed by atoms with Crippen LogP contribution in [0.2, 0.25) is 0 Å². The summed E-state index contributed by atoms with van der Waals surface area (Å²) in [4.78, 5) is 9.25. The third kappa shape index (κ3) is 6.25. The molecule has 6 nitrogen and oxygen atoms in total. The van der Waals surface area contributed by atoms with Gasteiger partial charge in [-0.3, -0.25) is 9.97 Å². The van der Waals surface area contributed by atoms with Gasteiger partial charge in [0.1, 0.15) is 11.3 Å². The third-order valence-corrected chi connectivity index (χ3v) is 16.1. The van der Waals surface area contributed by atoms with Crippen molar-refractivity contribution in [1.29, 1.82) is 0 Å². The van der Waals surface area contributed by atoms with E-state index in [0.29, 0.717) is 11.8 Å². The molecule has 0 saturated heterocycles. The smallest absolute Gasteiger partial charge is 0.134 e. The number of rotatable bonds is 6. The predicted octanol–water partition coefficient (Wildman–Crippen LogP) is 16.6. The van der Waals surface area contributed by atoms with Crippen molar-refractivity contribution >= 4 is 106 Å². The first kappa shape index (κ1) is 41.2. The van der Waals surface area contributed by atoms with Crippen LogP contribution in [-0.4, -0.2) is 23.7 Å². The van der Waals surface area contributed by atoms with Crippen molar-refractivity contribution in [2.45, 2.75) is 24.7 Å². The molecule has 5 aliphatic rings. The lowest BCUT2D eigenvalue weighted by atomic mass is 9.91. The van der Waals surface area contributed by atoms with Crippen LogP contribution in [-0.2, 0) is 6.42 Å². The van der Waals surface area contributed by atoms with Gasteiger partial charge in [0.15, 0.2) is 0 Å². The van der Waals surface area contributed by atoms with Crippen LogP contribution in [0.5, 0.6) is 0 Å². The number of aromatic nitrogens is 5. The highest BCUT2D eigenvalue weighted by atomic mass is 16.3. The second-order valence-electron chi connectivity index (χ2n) is 20.2. The molecule has 0 bridgehead atoms. The number of pyridine rings is 2. The first-order valence-corrected chi connectivity index (χ1v) is 25.7. The van der Waals surface area contributed by atoms with Crippen molar-refractivity contribution < 1.29 is 4.42 Å². The average Bonchev–Trinajstić information content (AvgIpc) is 4.11. The van der Waals surface area contributed by atoms with Crippen molar-refractivity contribution in [2.24, 2.45) is 5.92 Å². The second-order valence-corrected chi connectivity index (χ2v) is 20.2. The highest BCUT2D eigenvalue weighted by Gasteiger charge is 2.49. The molecule has 3 unspecified atom stereocenters. The van der Waals surface area contributed by atoms with E-state index in [1.807, 2.05) is 24.8 Å². The molecule has 0 aliphatic heterocycles. The fourth-order valence-corrected chi connectivity index (χ4v) is 12.6. The molecule has 0 spiro atoms. The molecule has 6 heteroatoms. The predicted molar refractivity (Wildman–Crippen MR) is 305 cm³/mol. The summed E-state index contributed by atoms with van der Waals surface area (Å²) in [6.07, 6.45) is 39.1. The van der Waals surface area contributed by atoms with Gasteiger partial charge in [-0.15, -0.1) is 0 Å². The van der Waals surface area contributed by atoms with Crippen molar-refractivity contribution in [3.05, 3.63) is 264 Å². The van der Waals surface area contributed by atoms with Crippen LogP contribution in [0, 0.1) is 5.92 Å². The number of hydrogen-bond acceptors (Lipinski definition) is 3. The lowest BCUT2D eigenvalue weighted by Gasteiger charge is -2.18. The fourth-order valence-electron chi connectivity index (χ4n) is 12.6. The molecule has 1 fully saturated rings. The van der Waals surface area contributed by atoms with Gasteiger partial charge in [0.2, 0.25) is 0 Å². The fraction of sp³-hybridized carbons (Fsp3) is 0.0735. The van der Waals surface area contributed by atoms with Crippen LogP contribution >= 0.6 is 0 Å². The van der Waals surface area contributed by atoms with E-state index < -0.39 is 0 Å². The molecule has 6 aromatic heterocycles. The number of para-hydroxylation sites is 3. The monoisotopic (exact) mass is 947 g/mol. The zero-order valence-corrected chi connectivity index (χ0v) is 40.2. The maximum Gasteiger partial charge on any atom is 0.134 e. The highest BCUT2D eigenvalue weighted by molar-refractivity contribution is 6.13. The lowest BCUT2D eigenvalue weighted by Crippen LogP contribution is -2.07. The summed E-state index contributed by atoms with van der Waals surface area (Å²) in [5, 5.41) is 7.16. The van der Waals surface area contributed by atoms with Crippen LogP contribution in [0.1, 0.15) is 57.5 Å². The Kier molecular flexibility index (Phi) is 8.91. The number of allylic oxidation sites excluding steroid dienone is 15. The maximum absolute atomic E-state index is 6.75. The highest BCUT2D eigenvalue weighted by Crippen LogP contribution is 2.60. The van der Waals surface area contributed by atoms with Gasteiger partial charge in [-0.25, -0.2) is 0 Å². The Morgan fingerprint density at radius 1 is 0.541 bits per heavy atom. The summed E-state index contributed by atoms with van der Waals surface area (Å²) in [6.45, 7) is 0. The summed E-state index contributed by atoms with van der Waals surface area (Å²) in [5.74, 6) is 2.00. The normalized spacial score (nSPS) is 18.8. The largest absolute Gasteiger partial charge is 0.460 e. The number of nitrogens with zero attached hydrogens (tertiary/aromatic N) is 5. The van der Waals surface area contributed by atoms with Crippen LogP contribution in [0.25, 0.3) is 106 Å². The standard InChI is InChI=1S/C68H45N5O/c1-2-17-50-51-18-8-11-24-63(51)73(62(50)21-3-1)64-39-59-57-36-47(26-28-67(57)74-68(59)58-38-56(58)64)43-14-5-4-13-42(33-43)44-15-12-16-45(34-44)46-25-27-48(71-60-22-9-6-19-52(60)54-29-31-69-40-65(54)71)37-49(35-46)72-61-23-10-7-20-53(61)55-30-32-70-41-66(55)72/h1-20,22-26,28-37,39-42,56,58H,21,38H2. The van der Waals surface area contributed by atoms with E-state index in [2.05, 4.69) is 236 Å². The average molecular weight is 948 g/mol. The van der Waals surface area contributed by atoms with Gasteiger partial charge >= 0.3 is 0 Å². The maximum atomic E-state index is 6.75. The number of hydrogen-bond donors (Lipinski definition) is 0. The van der Waals surface area contributed by atoms with E-state index in [9.17, 15) is 0 Å². The van der Waals surface area contributed by atoms with Gasteiger partial charge in [-0.2, -0.15) is 0 Å². The number of furan rings is 1. The van der Waals surface area contributed by atoms with E-state index in [-0.39, 0.29) is 5.92 Å². The van der Waals surface area contributed by atoms with Crippen LogP contribution in [0.3, 0.4) is 0 Å². The van der Waals surface area contributed by atoms with Crippen molar-refractivity contribution in [3.8, 4) is 0 Å². The van der Waals surface area contributed by atoms with E-state index >= 15 is 0 Å². The molecule has 0 N–H and O–H groups in total. The van der Waals surface area contributed by atoms with Crippen LogP contribution in [0.4, 0.5) is 0 Å². The minimum atomic E-state index is 0.0259. The minimum Gasteiger partial charge on any atom is -0.460 e. The summed E-state index contributed by atoms with van der Waals surface area (Å²) >= 11 is 0. The molecule has 5 aromatic carbocycles. The molecule has 3 atom stereocenters. The molecule has 6 heterocycles. The zero-order chi connectivity index (χ0) is 48.4. The Bertz CT molecular complexity index is 4500. The SMILES string of the molecule is C1=CC(c2cccc(C3C=CC=CC(c4ccc5oc6c(c5c4)C=C(n4c5c(c7ccccc74)C=CC=CC5)C4CC64)=C3)c2)=CC(n2c3ccccc3c3ccncc32)=CC=1n1c2ccccc2c2ccncc21. The van der Waals surface area contributed by atoms with Gasteiger partial charge < -0.3 is 18.1 Å². The summed E-state index contributed by atoms with van der Waals surface area (Å²) in [6, 6.07) is 46.2. The quantitative estimate of drug-likeness (QED) is 0.156. The Labute approximate surface area is 426 Å². The molecule has 16 rings (SSSR count). The Morgan fingerprint density at radius 3 is 2.08 bits per heavy atom. The lowest BCUT2D eigenvalue weighted by molar-refractivity contribution is 0.544. The van der Waals surface area contributed by atoms with Crippen molar-refractivity contribution in [3.63, 3.8) is 0 Å². The molecule has 348 valence electrons. The molecule has 0 amide bonds. The van der Waals surface area contributed by atoms with Gasteiger partial charge in [0.25, 0.3) is 0 Å². The summed E-state index contributed by atoms with van der Waals surface area (Å²) in [7, 11) is 0. The van der Waals surface area contributed by atoms with E-state index in [4.69, 9.17) is 4.42 Å². The second kappa shape index (κ2) is 16.0. The number of benzene rings is 5. The first-order valence-electron chi connectivity index (χ1n) is 25.7. The van der Waals surface area contributed by atoms with Gasteiger partial charge in [0, 0.05) is 97.1 Å². The number of fused-ring (bicyclic) bond motifs is 14. The zero-order valence-electron chi connectivity index (χ0n) is 40.2. The van der Waals surface area contributed by atoms with Crippen molar-refractivity contribution in [1.82, 2.24) is 23.7 Å². The van der Waals surface area contributed by atoms with E-state index in [0.717, 1.165) is 79.6 Å². The van der Waals surface area contributed by atoms with Crippen LogP contribution < -0.4 is 0 Å². The van der Waals surface area contributed by atoms with Crippen LogP contribution in [0.15, 0.2) is 229 Å². The molecular weight excluding hydrogens is 903 g/mol. The molecular formula is C68H45N5O. The molecule has 74 heavy (non-hydrogen) atoms. The first-order chi connectivity index (χ1) is 36.7. The van der Waals surface area contributed by atoms with E-state index in [1.54, 1.807) is 0 Å². The molecule has 1 saturated carbocycles. The Balaban J connectivity index is 0.805. The minimum absolute atomic E-state index is 0.0259. The van der Waals surface area contributed by atoms with Gasteiger partial charge in [-0.05, 0) is 101 Å². The molecule has 0 radical (unpaired) electrons. The van der Waals surface area contributed by atoms with Gasteiger partial charge in [-0.1, -0.05) is 145 Å².